The summed E-state index contributed by atoms with van der Waals surface area (Å²) in [5.41, 5.74) is 9.39. The number of hydrogen-bond donors (Lipinski definition) is 2. The fourth-order valence-corrected chi connectivity index (χ4v) is 2.48. The molecule has 17 heavy (non-hydrogen) atoms. The lowest BCUT2D eigenvalue weighted by Gasteiger charge is -2.12. The lowest BCUT2D eigenvalue weighted by atomic mass is 9.98. The van der Waals surface area contributed by atoms with Crippen LogP contribution in [0.5, 0.6) is 5.75 Å². The molecule has 0 amide bonds. The minimum atomic E-state index is -0.785. The van der Waals surface area contributed by atoms with Gasteiger partial charge >= 0.3 is 5.97 Å². The molecule has 0 spiro atoms. The number of carbonyl (C=O) groups is 1. The smallest absolute Gasteiger partial charge is 0.303 e. The third-order valence-corrected chi connectivity index (χ3v) is 3.24. The molecular formula is C13H17NO3. The Morgan fingerprint density at radius 2 is 2.29 bits per heavy atom. The lowest BCUT2D eigenvalue weighted by Crippen LogP contribution is -2.19. The van der Waals surface area contributed by atoms with Crippen molar-refractivity contribution in [1.29, 1.82) is 0 Å². The Hall–Kier alpha value is -1.55. The van der Waals surface area contributed by atoms with Gasteiger partial charge in [-0.15, -0.1) is 0 Å². The molecule has 92 valence electrons. The van der Waals surface area contributed by atoms with Crippen LogP contribution in [0.3, 0.4) is 0 Å². The summed E-state index contributed by atoms with van der Waals surface area (Å²) in [6.07, 6.45) is 2.33. The van der Waals surface area contributed by atoms with E-state index in [1.807, 2.05) is 12.1 Å². The Morgan fingerprint density at radius 3 is 2.94 bits per heavy atom. The monoisotopic (exact) mass is 235 g/mol. The molecule has 0 heterocycles. The SMILES string of the molecule is COc1ccc2c(c1CCC(=O)O)CC(N)C2. The number of carboxylic acids is 1. The number of hydrogen-bond acceptors (Lipinski definition) is 3. The van der Waals surface area contributed by atoms with E-state index in [0.29, 0.717) is 6.42 Å². The summed E-state index contributed by atoms with van der Waals surface area (Å²) in [4.78, 5) is 10.7. The van der Waals surface area contributed by atoms with Gasteiger partial charge in [-0.2, -0.15) is 0 Å². The lowest BCUT2D eigenvalue weighted by molar-refractivity contribution is -0.136. The fraction of sp³-hybridized carbons (Fsp3) is 0.462. The van der Waals surface area contributed by atoms with E-state index in [1.165, 1.54) is 11.1 Å². The minimum absolute atomic E-state index is 0.127. The summed E-state index contributed by atoms with van der Waals surface area (Å²) in [6.45, 7) is 0. The Morgan fingerprint density at radius 1 is 1.53 bits per heavy atom. The molecule has 1 aromatic rings. The highest BCUT2D eigenvalue weighted by molar-refractivity contribution is 5.67. The number of fused-ring (bicyclic) bond motifs is 1. The van der Waals surface area contributed by atoms with Gasteiger partial charge in [-0.1, -0.05) is 6.07 Å². The van der Waals surface area contributed by atoms with Crippen molar-refractivity contribution in [3.05, 3.63) is 28.8 Å². The predicted octanol–water partition coefficient (Wildman–Crippen LogP) is 1.14. The maximum atomic E-state index is 10.7. The molecule has 4 nitrogen and oxygen atoms in total. The van der Waals surface area contributed by atoms with Gasteiger partial charge in [0.05, 0.1) is 7.11 Å². The molecule has 3 N–H and O–H groups in total. The number of carboxylic acid groups (broad SMARTS) is 1. The van der Waals surface area contributed by atoms with E-state index in [0.717, 1.165) is 24.2 Å². The second-order valence-corrected chi connectivity index (χ2v) is 4.45. The van der Waals surface area contributed by atoms with Crippen LogP contribution in [0.25, 0.3) is 0 Å². The molecule has 0 aromatic heterocycles. The van der Waals surface area contributed by atoms with Crippen LogP contribution < -0.4 is 10.5 Å². The highest BCUT2D eigenvalue weighted by atomic mass is 16.5. The zero-order valence-electron chi connectivity index (χ0n) is 9.90. The van der Waals surface area contributed by atoms with Crippen LogP contribution in [-0.2, 0) is 24.1 Å². The molecule has 1 aromatic carbocycles. The van der Waals surface area contributed by atoms with Crippen molar-refractivity contribution in [2.24, 2.45) is 5.73 Å². The van der Waals surface area contributed by atoms with Gasteiger partial charge in [-0.05, 0) is 42.0 Å². The molecular weight excluding hydrogens is 218 g/mol. The summed E-state index contributed by atoms with van der Waals surface area (Å²) in [5, 5.41) is 8.77. The molecule has 0 bridgehead atoms. The first-order chi connectivity index (χ1) is 8.11. The maximum Gasteiger partial charge on any atom is 0.303 e. The number of benzene rings is 1. The van der Waals surface area contributed by atoms with Gasteiger partial charge in [0, 0.05) is 12.5 Å². The summed E-state index contributed by atoms with van der Waals surface area (Å²) in [7, 11) is 1.61. The summed E-state index contributed by atoms with van der Waals surface area (Å²) in [6, 6.07) is 4.10. The van der Waals surface area contributed by atoms with Crippen molar-refractivity contribution >= 4 is 5.97 Å². The van der Waals surface area contributed by atoms with E-state index in [4.69, 9.17) is 15.6 Å². The van der Waals surface area contributed by atoms with E-state index in [1.54, 1.807) is 7.11 Å². The highest BCUT2D eigenvalue weighted by Crippen LogP contribution is 2.32. The second kappa shape index (κ2) is 4.75. The van der Waals surface area contributed by atoms with Gasteiger partial charge in [0.25, 0.3) is 0 Å². The van der Waals surface area contributed by atoms with Gasteiger partial charge in [-0.25, -0.2) is 0 Å². The molecule has 0 aliphatic heterocycles. The van der Waals surface area contributed by atoms with Crippen LogP contribution in [-0.4, -0.2) is 24.2 Å². The summed E-state index contributed by atoms with van der Waals surface area (Å²) >= 11 is 0. The number of ether oxygens (including phenoxy) is 1. The van der Waals surface area contributed by atoms with Gasteiger partial charge in [0.2, 0.25) is 0 Å². The van der Waals surface area contributed by atoms with Crippen molar-refractivity contribution in [3.63, 3.8) is 0 Å². The van der Waals surface area contributed by atoms with Crippen molar-refractivity contribution < 1.29 is 14.6 Å². The van der Waals surface area contributed by atoms with Crippen molar-refractivity contribution in [2.45, 2.75) is 31.7 Å². The van der Waals surface area contributed by atoms with Crippen LogP contribution in [0.1, 0.15) is 23.1 Å². The van der Waals surface area contributed by atoms with Gasteiger partial charge < -0.3 is 15.6 Å². The zero-order valence-corrected chi connectivity index (χ0v) is 9.90. The Balaban J connectivity index is 2.33. The molecule has 0 saturated heterocycles. The highest BCUT2D eigenvalue weighted by Gasteiger charge is 2.23. The number of nitrogens with two attached hydrogens (primary N) is 1. The molecule has 1 unspecified atom stereocenters. The van der Waals surface area contributed by atoms with Crippen LogP contribution in [0, 0.1) is 0 Å². The van der Waals surface area contributed by atoms with Crippen molar-refractivity contribution in [2.75, 3.05) is 7.11 Å². The largest absolute Gasteiger partial charge is 0.496 e. The number of methoxy groups -OCH3 is 1. The minimum Gasteiger partial charge on any atom is -0.496 e. The van der Waals surface area contributed by atoms with E-state index >= 15 is 0 Å². The number of rotatable bonds is 4. The maximum absolute atomic E-state index is 10.7. The standard InChI is InChI=1S/C13H17NO3/c1-17-12-4-2-8-6-9(14)7-11(8)10(12)3-5-13(15)16/h2,4,9H,3,5-7,14H2,1H3,(H,15,16). The van der Waals surface area contributed by atoms with Gasteiger partial charge in [0.1, 0.15) is 5.75 Å². The first kappa shape index (κ1) is 11.9. The predicted molar refractivity (Wildman–Crippen MR) is 64.3 cm³/mol. The summed E-state index contributed by atoms with van der Waals surface area (Å²) < 4.78 is 5.30. The van der Waals surface area contributed by atoms with Crippen molar-refractivity contribution in [3.8, 4) is 5.75 Å². The molecule has 2 rings (SSSR count). The van der Waals surface area contributed by atoms with E-state index in [2.05, 4.69) is 0 Å². The third-order valence-electron chi connectivity index (χ3n) is 3.24. The van der Waals surface area contributed by atoms with Crippen LogP contribution in [0.15, 0.2) is 12.1 Å². The molecule has 0 saturated carbocycles. The van der Waals surface area contributed by atoms with E-state index in [-0.39, 0.29) is 12.5 Å². The Labute approximate surface area is 100 Å². The Bertz CT molecular complexity index is 443. The van der Waals surface area contributed by atoms with E-state index < -0.39 is 5.97 Å². The van der Waals surface area contributed by atoms with Crippen LogP contribution >= 0.6 is 0 Å². The third kappa shape index (κ3) is 2.42. The summed E-state index contributed by atoms with van der Waals surface area (Å²) in [5.74, 6) is -0.00829. The quantitative estimate of drug-likeness (QED) is 0.820. The average molecular weight is 235 g/mol. The number of aliphatic carboxylic acids is 1. The van der Waals surface area contributed by atoms with Crippen molar-refractivity contribution in [1.82, 2.24) is 0 Å². The molecule has 4 heteroatoms. The molecule has 1 atom stereocenters. The Kier molecular flexibility index (Phi) is 3.33. The average Bonchev–Trinajstić information content (AvgIpc) is 2.65. The van der Waals surface area contributed by atoms with E-state index in [9.17, 15) is 4.79 Å². The van der Waals surface area contributed by atoms with Crippen LogP contribution in [0.2, 0.25) is 0 Å². The molecule has 0 radical (unpaired) electrons. The first-order valence-electron chi connectivity index (χ1n) is 5.76. The molecule has 1 aliphatic carbocycles. The fourth-order valence-electron chi connectivity index (χ4n) is 2.48. The molecule has 0 fully saturated rings. The topological polar surface area (TPSA) is 72.5 Å². The first-order valence-corrected chi connectivity index (χ1v) is 5.76. The second-order valence-electron chi connectivity index (χ2n) is 4.45. The van der Waals surface area contributed by atoms with Gasteiger partial charge in [-0.3, -0.25) is 4.79 Å². The molecule has 1 aliphatic rings. The van der Waals surface area contributed by atoms with Gasteiger partial charge in [0.15, 0.2) is 0 Å². The van der Waals surface area contributed by atoms with Crippen LogP contribution in [0.4, 0.5) is 0 Å². The zero-order chi connectivity index (χ0) is 12.4. The normalized spacial score (nSPS) is 17.9.